The van der Waals surface area contributed by atoms with E-state index in [-0.39, 0.29) is 81.3 Å². The number of nitrogens with one attached hydrogen (secondary N) is 10. The van der Waals surface area contributed by atoms with Crippen molar-refractivity contribution in [1.82, 2.24) is 0 Å². The molecule has 0 saturated carbocycles. The quantitative estimate of drug-likeness (QED) is 0.0113. The number of phenols is 3. The monoisotopic (exact) mass is 2340 g/mol. The first-order valence-corrected chi connectivity index (χ1v) is 50.9. The van der Waals surface area contributed by atoms with Crippen molar-refractivity contribution in [1.29, 1.82) is 54.1 Å². The molecule has 10 aromatic heterocycles. The molecule has 706 valence electrons. The van der Waals surface area contributed by atoms with Crippen LogP contribution in [0.4, 0.5) is 5.69 Å². The number of hydrogen-bond donors (Lipinski definition) is 23. The highest BCUT2D eigenvalue weighted by molar-refractivity contribution is 14.1. The fourth-order valence-electron chi connectivity index (χ4n) is 12.3. The number of non-ortho nitro benzene ring substituents is 1. The van der Waals surface area contributed by atoms with E-state index in [0.29, 0.717) is 21.3 Å². The largest absolute Gasteiger partial charge is 0.508 e. The van der Waals surface area contributed by atoms with Crippen molar-refractivity contribution in [3.05, 3.63) is 306 Å². The topological polar surface area (TPSA) is 639 Å². The molecule has 0 aliphatic rings. The number of amidine groups is 10. The van der Waals surface area contributed by atoms with Crippen LogP contribution in [0.1, 0.15) is 48.8 Å². The molecule has 30 nitrogen and oxygen atoms in total. The van der Waals surface area contributed by atoms with Gasteiger partial charge >= 0.3 is 0 Å². The summed E-state index contributed by atoms with van der Waals surface area (Å²) in [6.45, 7) is 0. The molecule has 138 heavy (non-hydrogen) atoms. The Balaban J connectivity index is 0.000000147. The predicted octanol–water partition coefficient (Wildman–Crippen LogP) is 23.5. The number of methoxy groups -OCH3 is 4. The van der Waals surface area contributed by atoms with Crippen LogP contribution in [-0.2, 0) is 0 Å². The van der Waals surface area contributed by atoms with Crippen LogP contribution in [0, 0.1) is 71.3 Å². The number of nitrogens with two attached hydrogens (primary N) is 10. The Hall–Kier alpha value is -13.3. The highest BCUT2D eigenvalue weighted by Gasteiger charge is 2.17. The molecular weight excluding hydrogens is 2260 g/mol. The third-order valence-electron chi connectivity index (χ3n) is 18.9. The van der Waals surface area contributed by atoms with Crippen molar-refractivity contribution in [2.24, 2.45) is 57.3 Å². The summed E-state index contributed by atoms with van der Waals surface area (Å²) in [6.07, 6.45) is 0. The first kappa shape index (κ1) is 105. The molecule has 0 aliphatic carbocycles. The summed E-state index contributed by atoms with van der Waals surface area (Å²) < 4.78 is 34.5. The second kappa shape index (κ2) is 47.7. The Morgan fingerprint density at radius 1 is 0.326 bits per heavy atom. The van der Waals surface area contributed by atoms with Crippen molar-refractivity contribution in [3.63, 3.8) is 0 Å². The van der Waals surface area contributed by atoms with E-state index in [1.807, 2.05) is 158 Å². The van der Waals surface area contributed by atoms with Gasteiger partial charge in [0, 0.05) is 89.0 Å². The molecule has 0 amide bonds. The number of aromatic hydroxyl groups is 3. The van der Waals surface area contributed by atoms with Gasteiger partial charge in [-0.15, -0.1) is 113 Å². The van der Waals surface area contributed by atoms with Crippen LogP contribution in [-0.4, -0.2) is 107 Å². The molecule has 0 fully saturated rings. The van der Waals surface area contributed by atoms with Gasteiger partial charge in [0.15, 0.2) is 23.0 Å². The van der Waals surface area contributed by atoms with E-state index in [2.05, 4.69) is 79.3 Å². The maximum absolute atomic E-state index is 10.5. The molecule has 0 unspecified atom stereocenters. The SMILES string of the molecule is COc1cc(I)c2cc(C(=N)N)sc2c1.COc1cc2cc(C(=N)N)sc2cc1OC.COc1ccc2cc(C(=N)N)sc2c1.N=C(N)c1cc2cc(Br)ccc2s1.N=C(N)c1cc2cc(I)ccc2s1.N=C(N)c1cc2cc(O)c(O)cc2s1.N=C(N)c1cc2cc([N+](=O)[O-])ccc2s1.N=C(N)c1cc2ccc(O)cc2s1.N=C(N)c1cc2cccc(Cl)c2s1.N=C(N)c1cc2ccccc2s1. The summed E-state index contributed by atoms with van der Waals surface area (Å²) in [5.74, 6) is 3.85. The van der Waals surface area contributed by atoms with Crippen molar-refractivity contribution in [2.75, 3.05) is 28.4 Å². The number of thiophene rings is 10. The molecule has 44 heteroatoms. The van der Waals surface area contributed by atoms with Crippen molar-refractivity contribution in [2.45, 2.75) is 0 Å². The van der Waals surface area contributed by atoms with Crippen molar-refractivity contribution < 1.29 is 39.2 Å². The van der Waals surface area contributed by atoms with Gasteiger partial charge in [0.05, 0.1) is 91.9 Å². The Morgan fingerprint density at radius 2 is 0.681 bits per heavy atom. The number of ether oxygens (including phenoxy) is 4. The number of nitro groups is 1. The molecule has 0 radical (unpaired) electrons. The van der Waals surface area contributed by atoms with Crippen LogP contribution < -0.4 is 76.3 Å². The number of hydrogen-bond acceptors (Lipinski definition) is 29. The predicted molar refractivity (Wildman–Crippen MR) is 604 cm³/mol. The van der Waals surface area contributed by atoms with E-state index >= 15 is 0 Å². The Bertz CT molecular complexity index is 7760. The van der Waals surface area contributed by atoms with Crippen molar-refractivity contribution in [3.8, 4) is 40.2 Å². The van der Waals surface area contributed by atoms with Gasteiger partial charge in [-0.2, -0.15) is 0 Å². The van der Waals surface area contributed by atoms with Crippen LogP contribution in [0.2, 0.25) is 5.02 Å². The second-order valence-corrected chi connectivity index (χ2v) is 43.1. The number of phenolic OH excluding ortho intramolecular Hbond substituents is 3. The Kier molecular flexibility index (Phi) is 36.3. The number of nitro benzene ring substituents is 1. The lowest BCUT2D eigenvalue weighted by Gasteiger charge is -2.06. The van der Waals surface area contributed by atoms with E-state index < -0.39 is 4.92 Å². The van der Waals surface area contributed by atoms with Crippen LogP contribution in [0.3, 0.4) is 0 Å². The van der Waals surface area contributed by atoms with E-state index in [1.54, 1.807) is 92.8 Å². The van der Waals surface area contributed by atoms with Gasteiger partial charge in [0.25, 0.3) is 5.69 Å². The minimum Gasteiger partial charge on any atom is -0.508 e. The van der Waals surface area contributed by atoms with Gasteiger partial charge in [0.1, 0.15) is 75.6 Å². The lowest BCUT2D eigenvalue weighted by molar-refractivity contribution is -0.384. The molecule has 0 saturated heterocycles. The van der Waals surface area contributed by atoms with Gasteiger partial charge in [-0.1, -0.05) is 57.9 Å². The number of nitrogen functional groups attached to an aromatic ring is 10. The molecular formula is C94H83BrClI2N21O9S10. The van der Waals surface area contributed by atoms with Gasteiger partial charge in [0.2, 0.25) is 0 Å². The van der Waals surface area contributed by atoms with Crippen LogP contribution in [0.15, 0.2) is 235 Å². The van der Waals surface area contributed by atoms with Gasteiger partial charge < -0.3 is 91.6 Å². The zero-order chi connectivity index (χ0) is 100. The molecule has 0 spiro atoms. The van der Waals surface area contributed by atoms with E-state index in [0.717, 1.165) is 150 Å². The maximum atomic E-state index is 10.5. The highest BCUT2D eigenvalue weighted by atomic mass is 127. The fourth-order valence-corrected chi connectivity index (χ4v) is 23.7. The minimum absolute atomic E-state index is 0.00909. The van der Waals surface area contributed by atoms with Gasteiger partial charge in [-0.25, -0.2) is 0 Å². The number of halogens is 4. The molecule has 20 rings (SSSR count). The smallest absolute Gasteiger partial charge is 0.270 e. The van der Waals surface area contributed by atoms with E-state index in [1.165, 1.54) is 122 Å². The normalized spacial score (nSPS) is 10.5. The maximum Gasteiger partial charge on any atom is 0.270 e. The average molecular weight is 2340 g/mol. The molecule has 33 N–H and O–H groups in total. The lowest BCUT2D eigenvalue weighted by atomic mass is 10.2. The zero-order valence-corrected chi connectivity index (χ0v) is 87.4. The van der Waals surface area contributed by atoms with Gasteiger partial charge in [-0.3, -0.25) is 64.2 Å². The minimum atomic E-state index is -0.440. The molecule has 10 aromatic carbocycles. The van der Waals surface area contributed by atoms with Gasteiger partial charge in [-0.05, 0) is 264 Å². The summed E-state index contributed by atoms with van der Waals surface area (Å²) >= 11 is 28.6. The Labute approximate surface area is 867 Å². The lowest BCUT2D eigenvalue weighted by Crippen LogP contribution is -2.08. The van der Waals surface area contributed by atoms with Crippen LogP contribution in [0.5, 0.6) is 40.2 Å². The average Bonchev–Trinajstić information content (AvgIpc) is 1.65. The first-order chi connectivity index (χ1) is 65.6. The first-order valence-electron chi connectivity index (χ1n) is 39.4. The summed E-state index contributed by atoms with van der Waals surface area (Å²) in [7, 11) is 6.49. The van der Waals surface area contributed by atoms with Crippen LogP contribution >= 0.6 is 186 Å². The number of nitrogens with zero attached hydrogens (tertiary/aromatic N) is 1. The fraction of sp³-hybridized carbons (Fsp3) is 0.0426. The highest BCUT2D eigenvalue weighted by Crippen LogP contribution is 2.41. The summed E-state index contributed by atoms with van der Waals surface area (Å²) in [5.41, 5.74) is 53.9. The Morgan fingerprint density at radius 3 is 1.16 bits per heavy atom. The number of fused-ring (bicyclic) bond motifs is 10. The second-order valence-electron chi connectivity index (χ2n) is 28.6. The number of benzene rings is 10. The molecule has 0 bridgehead atoms. The molecule has 0 atom stereocenters. The number of rotatable bonds is 15. The third-order valence-corrected chi connectivity index (χ3v) is 32.8. The molecule has 20 aromatic rings. The third kappa shape index (κ3) is 27.6. The van der Waals surface area contributed by atoms with Crippen molar-refractivity contribution >= 4 is 351 Å². The summed E-state index contributed by atoms with van der Waals surface area (Å²) in [5, 5.41) is 122. The standard InChI is InChI=1S/C11H12N2O2S.C10H9IN2OS.C10H10N2OS.C9H7BrN2S.C9H7ClN2S.C9H7IN2S.C9H7N3O2S.C9H8N2O2S.C9H8N2OS.C9H8N2S/c1-14-7-3-6-4-10(11(12)13)16-9(6)5-8(7)15-2;1-14-5-2-7(11)6-4-9(10(12)13)15-8(6)3-5;1-13-7-3-2-6-4-9(10(11)12)14-8(6)5-7;10-6-1-2-7-5(3-6)4-8(13-7)9(11)12;10-6-3-1-2-5-4-7(9(11)12)13-8(5)6;10-6-1-2-7-5(3-6)4-8(13-7)9(11)12;10-9(11)8-4-5-3-6(12(13)14)1-2-7(5)15-8;10-9(11)8-2-4-1-5(12)6(13)3-7(4)14-8;10-9(11)8-3-5-1-2-6(12)4-7(5)13-8;10-9(11)8-5-6-3-1-2-4-7(6)12-8/h3-5H,1-2H3,(H3,12,13);2-4H,1H3,(H3,12,13);2-5H,1H3,(H3,11,12);3*1-4H,(H3,11,12);1-4H,(H3,10,11);1-3,12-13H,(H3,10,11);1-4,12H,(H3,10,11);1-5H,(H3,10,11). The summed E-state index contributed by atoms with van der Waals surface area (Å²) in [6, 6.07) is 70.9. The summed E-state index contributed by atoms with van der Waals surface area (Å²) in [4.78, 5) is 17.7. The van der Waals surface area contributed by atoms with E-state index in [4.69, 9.17) is 142 Å². The van der Waals surface area contributed by atoms with E-state index in [9.17, 15) is 25.4 Å². The molecule has 10 heterocycles. The molecule has 0 aliphatic heterocycles. The van der Waals surface area contributed by atoms with Crippen LogP contribution in [0.25, 0.3) is 101 Å². The zero-order valence-electron chi connectivity index (χ0n) is 72.5.